The van der Waals surface area contributed by atoms with Crippen molar-refractivity contribution in [3.8, 4) is 0 Å². The van der Waals surface area contributed by atoms with Crippen molar-refractivity contribution in [1.82, 2.24) is 0 Å². The minimum absolute atomic E-state index is 0.335. The van der Waals surface area contributed by atoms with Gasteiger partial charge in [0.05, 0.1) is 0 Å². The van der Waals surface area contributed by atoms with E-state index in [-0.39, 0.29) is 0 Å². The molecule has 0 aliphatic carbocycles. The van der Waals surface area contributed by atoms with E-state index in [0.29, 0.717) is 24.0 Å². The predicted molar refractivity (Wildman–Crippen MR) is 69.1 cm³/mol. The van der Waals surface area contributed by atoms with E-state index >= 15 is 0 Å². The van der Waals surface area contributed by atoms with E-state index in [1.54, 1.807) is 0 Å². The lowest BCUT2D eigenvalue weighted by atomic mass is 10.2. The van der Waals surface area contributed by atoms with Gasteiger partial charge in [0.15, 0.2) is 0 Å². The molecule has 4 heteroatoms. The molecule has 2 N–H and O–H groups in total. The molecular weight excluding hydrogens is 274 g/mol. The molecule has 1 aromatic carbocycles. The smallest absolute Gasteiger partial charge is 0.0485 e. The number of hydrogen-bond donors (Lipinski definition) is 1. The van der Waals surface area contributed by atoms with Crippen LogP contribution in [-0.2, 0) is 16.6 Å². The van der Waals surface area contributed by atoms with Crippen LogP contribution in [0.25, 0.3) is 0 Å². The molecule has 0 spiro atoms. The van der Waals surface area contributed by atoms with Gasteiger partial charge in [0.2, 0.25) is 0 Å². The second-order valence-corrected chi connectivity index (χ2v) is 6.14. The molecule has 0 amide bonds. The van der Waals surface area contributed by atoms with Crippen LogP contribution in [0.1, 0.15) is 12.5 Å². The maximum absolute atomic E-state index is 11.7. The Kier molecular flexibility index (Phi) is 5.50. The van der Waals surface area contributed by atoms with Gasteiger partial charge >= 0.3 is 0 Å². The Bertz CT molecular complexity index is 326. The monoisotopic (exact) mass is 289 g/mol. The molecule has 2 unspecified atom stereocenters. The SMILES string of the molecule is CC(CN)CS(=O)Cc1ccc(Br)cc1. The van der Waals surface area contributed by atoms with Crippen molar-refractivity contribution in [3.63, 3.8) is 0 Å². The van der Waals surface area contributed by atoms with Crippen molar-refractivity contribution in [2.75, 3.05) is 12.3 Å². The fraction of sp³-hybridized carbons (Fsp3) is 0.455. The zero-order valence-corrected chi connectivity index (χ0v) is 11.2. The first kappa shape index (κ1) is 12.9. The predicted octanol–water partition coefficient (Wildman–Crippen LogP) is 2.29. The Morgan fingerprint density at radius 1 is 1.40 bits per heavy atom. The van der Waals surface area contributed by atoms with Crippen LogP contribution < -0.4 is 5.73 Å². The molecular formula is C11H16BrNOS. The molecule has 0 bridgehead atoms. The quantitative estimate of drug-likeness (QED) is 0.904. The Labute approximate surface area is 102 Å². The van der Waals surface area contributed by atoms with Crippen LogP contribution in [0.15, 0.2) is 28.7 Å². The van der Waals surface area contributed by atoms with Crippen LogP contribution in [0, 0.1) is 5.92 Å². The Balaban J connectivity index is 2.48. The summed E-state index contributed by atoms with van der Waals surface area (Å²) in [6.45, 7) is 2.63. The van der Waals surface area contributed by atoms with Crippen molar-refractivity contribution in [3.05, 3.63) is 34.3 Å². The van der Waals surface area contributed by atoms with E-state index in [1.807, 2.05) is 31.2 Å². The van der Waals surface area contributed by atoms with Gasteiger partial charge in [0.25, 0.3) is 0 Å². The van der Waals surface area contributed by atoms with Gasteiger partial charge in [0.1, 0.15) is 0 Å². The zero-order chi connectivity index (χ0) is 11.3. The second kappa shape index (κ2) is 6.40. The van der Waals surface area contributed by atoms with E-state index in [9.17, 15) is 4.21 Å². The van der Waals surface area contributed by atoms with Gasteiger partial charge < -0.3 is 5.73 Å². The lowest BCUT2D eigenvalue weighted by molar-refractivity contribution is 0.640. The lowest BCUT2D eigenvalue weighted by Gasteiger charge is -2.07. The highest BCUT2D eigenvalue weighted by molar-refractivity contribution is 9.10. The van der Waals surface area contributed by atoms with E-state index in [4.69, 9.17) is 5.73 Å². The van der Waals surface area contributed by atoms with Gasteiger partial charge in [-0.15, -0.1) is 0 Å². The van der Waals surface area contributed by atoms with Crippen molar-refractivity contribution in [2.45, 2.75) is 12.7 Å². The number of halogens is 1. The number of rotatable bonds is 5. The summed E-state index contributed by atoms with van der Waals surface area (Å²) < 4.78 is 12.8. The summed E-state index contributed by atoms with van der Waals surface area (Å²) in [5, 5.41) is 0. The minimum atomic E-state index is -0.803. The average Bonchev–Trinajstić information content (AvgIpc) is 2.21. The highest BCUT2D eigenvalue weighted by atomic mass is 79.9. The highest BCUT2D eigenvalue weighted by Gasteiger charge is 2.06. The fourth-order valence-electron chi connectivity index (χ4n) is 1.21. The lowest BCUT2D eigenvalue weighted by Crippen LogP contribution is -2.18. The van der Waals surface area contributed by atoms with Crippen LogP contribution in [0.5, 0.6) is 0 Å². The standard InChI is InChI=1S/C11H16BrNOS/c1-9(6-13)7-15(14)8-10-2-4-11(12)5-3-10/h2-5,9H,6-8,13H2,1H3. The van der Waals surface area contributed by atoms with E-state index in [2.05, 4.69) is 15.9 Å². The topological polar surface area (TPSA) is 43.1 Å². The van der Waals surface area contributed by atoms with E-state index in [1.165, 1.54) is 0 Å². The van der Waals surface area contributed by atoms with E-state index in [0.717, 1.165) is 10.0 Å². The molecule has 0 fully saturated rings. The fourth-order valence-corrected chi connectivity index (χ4v) is 2.93. The van der Waals surface area contributed by atoms with Crippen LogP contribution >= 0.6 is 15.9 Å². The van der Waals surface area contributed by atoms with Crippen LogP contribution in [0.2, 0.25) is 0 Å². The molecule has 0 heterocycles. The highest BCUT2D eigenvalue weighted by Crippen LogP contribution is 2.12. The van der Waals surface area contributed by atoms with Crippen LogP contribution in [-0.4, -0.2) is 16.5 Å². The Hall–Kier alpha value is -0.190. The third-order valence-corrected chi connectivity index (χ3v) is 4.24. The van der Waals surface area contributed by atoms with Crippen molar-refractivity contribution in [1.29, 1.82) is 0 Å². The minimum Gasteiger partial charge on any atom is -0.330 e. The first-order valence-electron chi connectivity index (χ1n) is 4.91. The largest absolute Gasteiger partial charge is 0.330 e. The molecule has 2 nitrogen and oxygen atoms in total. The summed E-state index contributed by atoms with van der Waals surface area (Å²) in [6.07, 6.45) is 0. The van der Waals surface area contributed by atoms with Gasteiger partial charge in [-0.25, -0.2) is 0 Å². The normalized spacial score (nSPS) is 14.9. The first-order chi connectivity index (χ1) is 7.11. The Morgan fingerprint density at radius 3 is 2.53 bits per heavy atom. The molecule has 1 rings (SSSR count). The summed E-state index contributed by atoms with van der Waals surface area (Å²) in [6, 6.07) is 7.93. The summed E-state index contributed by atoms with van der Waals surface area (Å²) in [4.78, 5) is 0. The summed E-state index contributed by atoms with van der Waals surface area (Å²) in [7, 11) is -0.803. The van der Waals surface area contributed by atoms with Crippen LogP contribution in [0.4, 0.5) is 0 Å². The zero-order valence-electron chi connectivity index (χ0n) is 8.78. The van der Waals surface area contributed by atoms with Gasteiger partial charge in [-0.3, -0.25) is 4.21 Å². The van der Waals surface area contributed by atoms with Gasteiger partial charge in [-0.05, 0) is 30.2 Å². The molecule has 0 aliphatic heterocycles. The number of nitrogens with two attached hydrogens (primary N) is 1. The molecule has 0 aromatic heterocycles. The molecule has 0 radical (unpaired) electrons. The number of hydrogen-bond acceptors (Lipinski definition) is 2. The number of benzene rings is 1. The van der Waals surface area contributed by atoms with Gasteiger partial charge in [-0.1, -0.05) is 35.0 Å². The van der Waals surface area contributed by atoms with Crippen molar-refractivity contribution >= 4 is 26.7 Å². The third kappa shape index (κ3) is 4.91. The summed E-state index contributed by atoms with van der Waals surface area (Å²) in [5.74, 6) is 1.64. The maximum atomic E-state index is 11.7. The molecule has 0 saturated heterocycles. The third-order valence-electron chi connectivity index (χ3n) is 2.11. The maximum Gasteiger partial charge on any atom is 0.0485 e. The molecule has 15 heavy (non-hydrogen) atoms. The summed E-state index contributed by atoms with van der Waals surface area (Å²) >= 11 is 3.37. The van der Waals surface area contributed by atoms with Crippen molar-refractivity contribution in [2.24, 2.45) is 11.7 Å². The first-order valence-corrected chi connectivity index (χ1v) is 7.19. The Morgan fingerprint density at radius 2 is 2.00 bits per heavy atom. The molecule has 1 aromatic rings. The average molecular weight is 290 g/mol. The molecule has 84 valence electrons. The summed E-state index contributed by atoms with van der Waals surface area (Å²) in [5.41, 5.74) is 6.60. The molecule has 0 aliphatic rings. The van der Waals surface area contributed by atoms with Gasteiger partial charge in [0, 0.05) is 26.8 Å². The second-order valence-electron chi connectivity index (χ2n) is 3.72. The van der Waals surface area contributed by atoms with Crippen LogP contribution in [0.3, 0.4) is 0 Å². The molecule has 2 atom stereocenters. The van der Waals surface area contributed by atoms with E-state index < -0.39 is 10.8 Å². The molecule has 0 saturated carbocycles. The van der Waals surface area contributed by atoms with Crippen molar-refractivity contribution < 1.29 is 4.21 Å². The van der Waals surface area contributed by atoms with Gasteiger partial charge in [-0.2, -0.15) is 0 Å².